The quantitative estimate of drug-likeness (QED) is 0.421. The molecule has 148 valence electrons. The zero-order chi connectivity index (χ0) is 20.1. The van der Waals surface area contributed by atoms with Crippen LogP contribution < -0.4 is 5.73 Å². The van der Waals surface area contributed by atoms with Gasteiger partial charge in [0.25, 0.3) is 0 Å². The lowest BCUT2D eigenvalue weighted by Crippen LogP contribution is -2.14. The summed E-state index contributed by atoms with van der Waals surface area (Å²) in [4.78, 5) is 12.8. The number of primary amides is 1. The molecule has 0 saturated carbocycles. The van der Waals surface area contributed by atoms with Crippen LogP contribution in [0, 0.1) is 0 Å². The maximum atomic E-state index is 11.2. The van der Waals surface area contributed by atoms with Crippen LogP contribution in [0.5, 0.6) is 0 Å². The summed E-state index contributed by atoms with van der Waals surface area (Å²) >= 11 is 1.50. The highest BCUT2D eigenvalue weighted by Gasteiger charge is 2.16. The number of amides is 1. The molecule has 10 heteroatoms. The number of aryl methyl sites for hydroxylation is 1. The average molecular weight is 409 g/mol. The zero-order valence-electron chi connectivity index (χ0n) is 15.5. The molecule has 0 aliphatic heterocycles. The number of benzene rings is 1. The summed E-state index contributed by atoms with van der Waals surface area (Å²) in [7, 11) is 0. The molecule has 0 aliphatic rings. The van der Waals surface area contributed by atoms with Crippen LogP contribution in [-0.2, 0) is 23.5 Å². The molecule has 3 heterocycles. The molecule has 0 unspecified atom stereocenters. The second-order valence-corrected chi connectivity index (χ2v) is 7.22. The fourth-order valence-corrected chi connectivity index (χ4v) is 3.58. The Balaban J connectivity index is 1.49. The maximum absolute atomic E-state index is 11.2. The van der Waals surface area contributed by atoms with E-state index in [9.17, 15) is 4.79 Å². The molecule has 3 aromatic heterocycles. The van der Waals surface area contributed by atoms with Gasteiger partial charge in [0, 0.05) is 18.6 Å². The first-order chi connectivity index (χ1) is 14.2. The number of nitrogens with zero attached hydrogens (tertiary/aromatic N) is 6. The van der Waals surface area contributed by atoms with Crippen LogP contribution >= 0.6 is 11.8 Å². The first kappa shape index (κ1) is 18.9. The summed E-state index contributed by atoms with van der Waals surface area (Å²) in [6, 6.07) is 13.4. The van der Waals surface area contributed by atoms with E-state index >= 15 is 0 Å². The monoisotopic (exact) mass is 409 g/mol. The van der Waals surface area contributed by atoms with Crippen molar-refractivity contribution in [1.82, 2.24) is 29.8 Å². The minimum atomic E-state index is -0.371. The molecule has 0 spiro atoms. The van der Waals surface area contributed by atoms with Gasteiger partial charge in [-0.05, 0) is 24.3 Å². The van der Waals surface area contributed by atoms with Gasteiger partial charge in [0.05, 0.1) is 30.4 Å². The summed E-state index contributed by atoms with van der Waals surface area (Å²) in [5.41, 5.74) is 7.01. The fraction of sp³-hybridized carbons (Fsp3) is 0.211. The summed E-state index contributed by atoms with van der Waals surface area (Å²) in [6.45, 7) is 0.479. The average Bonchev–Trinajstić information content (AvgIpc) is 3.48. The van der Waals surface area contributed by atoms with Crippen molar-refractivity contribution in [1.29, 1.82) is 0 Å². The number of carbonyl (C=O) groups is 1. The van der Waals surface area contributed by atoms with Gasteiger partial charge in [0.1, 0.15) is 11.6 Å². The summed E-state index contributed by atoms with van der Waals surface area (Å²) in [5, 5.41) is 18.1. The minimum Gasteiger partial charge on any atom is -0.467 e. The number of nitrogens with two attached hydrogens (primary N) is 1. The van der Waals surface area contributed by atoms with Crippen LogP contribution in [0.2, 0.25) is 0 Å². The van der Waals surface area contributed by atoms with Crippen molar-refractivity contribution in [2.75, 3.05) is 0 Å². The first-order valence-electron chi connectivity index (χ1n) is 9.01. The Morgan fingerprint density at radius 3 is 2.76 bits per heavy atom. The molecule has 1 amide bonds. The van der Waals surface area contributed by atoms with Crippen LogP contribution in [0.15, 0.2) is 64.5 Å². The number of hydrogen-bond acceptors (Lipinski definition) is 7. The van der Waals surface area contributed by atoms with E-state index in [4.69, 9.17) is 10.2 Å². The van der Waals surface area contributed by atoms with Crippen LogP contribution in [0.25, 0.3) is 5.69 Å². The third-order valence-corrected chi connectivity index (χ3v) is 5.16. The second-order valence-electron chi connectivity index (χ2n) is 6.28. The lowest BCUT2D eigenvalue weighted by atomic mass is 10.3. The Bertz CT molecular complexity index is 1070. The molecule has 0 fully saturated rings. The molecular formula is C19H19N7O2S. The van der Waals surface area contributed by atoms with Gasteiger partial charge >= 0.3 is 0 Å². The number of aromatic nitrogens is 6. The third kappa shape index (κ3) is 4.72. The lowest BCUT2D eigenvalue weighted by Gasteiger charge is -2.07. The Morgan fingerprint density at radius 2 is 2.00 bits per heavy atom. The maximum Gasteiger partial charge on any atom is 0.217 e. The highest BCUT2D eigenvalue weighted by molar-refractivity contribution is 7.98. The van der Waals surface area contributed by atoms with Gasteiger partial charge in [-0.2, -0.15) is 15.0 Å². The van der Waals surface area contributed by atoms with Gasteiger partial charge in [-0.1, -0.05) is 30.0 Å². The van der Waals surface area contributed by atoms with Crippen LogP contribution in [0.1, 0.15) is 23.7 Å². The molecule has 4 aromatic rings. The number of carbonyl (C=O) groups excluding carboxylic acids is 1. The summed E-state index contributed by atoms with van der Waals surface area (Å²) < 4.78 is 7.39. The Hall–Kier alpha value is -3.40. The molecule has 0 aliphatic carbocycles. The third-order valence-electron chi connectivity index (χ3n) is 4.16. The van der Waals surface area contributed by atoms with Crippen molar-refractivity contribution in [2.45, 2.75) is 30.3 Å². The molecule has 4 rings (SSSR count). The van der Waals surface area contributed by atoms with Crippen LogP contribution in [0.3, 0.4) is 0 Å². The molecule has 0 bridgehead atoms. The Kier molecular flexibility index (Phi) is 5.71. The zero-order valence-corrected chi connectivity index (χ0v) is 16.3. The van der Waals surface area contributed by atoms with Gasteiger partial charge in [-0.25, -0.2) is 0 Å². The number of para-hydroxylation sites is 1. The summed E-state index contributed by atoms with van der Waals surface area (Å²) in [5.74, 6) is 1.68. The first-order valence-corrected chi connectivity index (χ1v) is 10.00. The Morgan fingerprint density at radius 1 is 1.14 bits per heavy atom. The van der Waals surface area contributed by atoms with Crippen molar-refractivity contribution < 1.29 is 9.21 Å². The van der Waals surface area contributed by atoms with E-state index in [0.29, 0.717) is 24.5 Å². The smallest absolute Gasteiger partial charge is 0.217 e. The molecule has 0 saturated heterocycles. The fourth-order valence-electron chi connectivity index (χ4n) is 2.75. The summed E-state index contributed by atoms with van der Waals surface area (Å²) in [6.07, 6.45) is 4.00. The molecular weight excluding hydrogens is 390 g/mol. The van der Waals surface area contributed by atoms with Crippen molar-refractivity contribution in [3.63, 3.8) is 0 Å². The van der Waals surface area contributed by atoms with E-state index in [0.717, 1.165) is 22.3 Å². The van der Waals surface area contributed by atoms with Crippen LogP contribution in [0.4, 0.5) is 0 Å². The number of thioether (sulfide) groups is 1. The SMILES string of the molecule is NC(=O)CCc1nnc(SCc2cnn(-c3ccccc3)n2)n1Cc1ccco1. The van der Waals surface area contributed by atoms with Crippen molar-refractivity contribution >= 4 is 17.7 Å². The van der Waals surface area contributed by atoms with E-state index in [1.165, 1.54) is 11.8 Å². The molecule has 29 heavy (non-hydrogen) atoms. The van der Waals surface area contributed by atoms with Gasteiger partial charge in [-0.3, -0.25) is 9.36 Å². The highest BCUT2D eigenvalue weighted by atomic mass is 32.2. The molecule has 0 radical (unpaired) electrons. The van der Waals surface area contributed by atoms with Crippen molar-refractivity contribution in [3.05, 3.63) is 72.2 Å². The predicted molar refractivity (Wildman–Crippen MR) is 106 cm³/mol. The molecule has 9 nitrogen and oxygen atoms in total. The predicted octanol–water partition coefficient (Wildman–Crippen LogP) is 2.21. The minimum absolute atomic E-state index is 0.215. The molecule has 2 N–H and O–H groups in total. The number of hydrogen-bond donors (Lipinski definition) is 1. The Labute approximate surface area is 170 Å². The van der Waals surface area contributed by atoms with Gasteiger partial charge in [-0.15, -0.1) is 10.2 Å². The number of rotatable bonds is 9. The highest BCUT2D eigenvalue weighted by Crippen LogP contribution is 2.23. The van der Waals surface area contributed by atoms with E-state index in [2.05, 4.69) is 20.4 Å². The van der Waals surface area contributed by atoms with E-state index in [-0.39, 0.29) is 12.3 Å². The molecule has 1 aromatic carbocycles. The van der Waals surface area contributed by atoms with Crippen LogP contribution in [-0.4, -0.2) is 35.7 Å². The van der Waals surface area contributed by atoms with Crippen molar-refractivity contribution in [3.8, 4) is 5.69 Å². The second kappa shape index (κ2) is 8.74. The van der Waals surface area contributed by atoms with E-state index in [1.54, 1.807) is 17.3 Å². The van der Waals surface area contributed by atoms with Crippen molar-refractivity contribution in [2.24, 2.45) is 5.73 Å². The standard InChI is InChI=1S/C19H19N7O2S/c20-17(27)8-9-18-22-23-19(25(18)12-16-7-4-10-28-16)29-13-14-11-21-26(24-14)15-5-2-1-3-6-15/h1-7,10-11H,8-9,12-13H2,(H2,20,27). The van der Waals surface area contributed by atoms with Gasteiger partial charge in [0.2, 0.25) is 5.91 Å². The van der Waals surface area contributed by atoms with E-state index in [1.807, 2.05) is 47.0 Å². The van der Waals surface area contributed by atoms with Gasteiger partial charge < -0.3 is 10.2 Å². The largest absolute Gasteiger partial charge is 0.467 e. The number of furan rings is 1. The van der Waals surface area contributed by atoms with E-state index < -0.39 is 0 Å². The lowest BCUT2D eigenvalue weighted by molar-refractivity contribution is -0.118. The normalized spacial score (nSPS) is 11.0. The topological polar surface area (TPSA) is 118 Å². The molecule has 0 atom stereocenters. The van der Waals surface area contributed by atoms with Gasteiger partial charge in [0.15, 0.2) is 5.16 Å².